The molecule has 2 amide bonds. The number of hydrogen-bond donors (Lipinski definition) is 2. The quantitative estimate of drug-likeness (QED) is 0.617. The Balaban J connectivity index is 1.48. The van der Waals surface area contributed by atoms with Crippen LogP contribution in [0.5, 0.6) is 0 Å². The maximum absolute atomic E-state index is 12.7. The van der Waals surface area contributed by atoms with Crippen molar-refractivity contribution in [1.29, 1.82) is 0 Å². The number of piperidine rings is 1. The maximum Gasteiger partial charge on any atom is 0.251 e. The molecule has 9 heteroatoms. The molecule has 0 aliphatic carbocycles. The van der Waals surface area contributed by atoms with Crippen molar-refractivity contribution in [3.05, 3.63) is 58.6 Å². The van der Waals surface area contributed by atoms with Gasteiger partial charge in [0.15, 0.2) is 0 Å². The number of nitrogens with one attached hydrogen (secondary N) is 2. The molecule has 1 aliphatic rings. The summed E-state index contributed by atoms with van der Waals surface area (Å²) in [6.07, 6.45) is 2.92. The first-order chi connectivity index (χ1) is 14.4. The molecule has 0 aromatic heterocycles. The molecule has 7 nitrogen and oxygen atoms in total. The van der Waals surface area contributed by atoms with Crippen molar-refractivity contribution in [2.45, 2.75) is 30.6 Å². The van der Waals surface area contributed by atoms with Crippen LogP contribution in [0.1, 0.15) is 36.0 Å². The number of sulfonamides is 1. The van der Waals surface area contributed by atoms with Crippen LogP contribution in [0.3, 0.4) is 0 Å². The Labute approximate surface area is 185 Å². The molecule has 2 aromatic rings. The van der Waals surface area contributed by atoms with Crippen LogP contribution in [0, 0.1) is 0 Å². The number of nitrogens with zero attached hydrogens (tertiary/aromatic N) is 1. The lowest BCUT2D eigenvalue weighted by Crippen LogP contribution is -2.35. The summed E-state index contributed by atoms with van der Waals surface area (Å²) < 4.78 is 27.7. The molecule has 0 atom stereocenters. The lowest BCUT2D eigenvalue weighted by molar-refractivity contribution is -0.116. The van der Waals surface area contributed by atoms with Gasteiger partial charge in [-0.05, 0) is 61.4 Å². The van der Waals surface area contributed by atoms with E-state index < -0.39 is 10.0 Å². The lowest BCUT2D eigenvalue weighted by atomic mass is 10.2. The fourth-order valence-corrected chi connectivity index (χ4v) is 4.96. The van der Waals surface area contributed by atoms with E-state index in [9.17, 15) is 18.0 Å². The van der Waals surface area contributed by atoms with Gasteiger partial charge < -0.3 is 10.6 Å². The van der Waals surface area contributed by atoms with Crippen LogP contribution in [0.25, 0.3) is 0 Å². The first-order valence-corrected chi connectivity index (χ1v) is 12.0. The van der Waals surface area contributed by atoms with Gasteiger partial charge in [-0.2, -0.15) is 4.31 Å². The third kappa shape index (κ3) is 5.90. The Morgan fingerprint density at radius 2 is 1.57 bits per heavy atom. The summed E-state index contributed by atoms with van der Waals surface area (Å²) in [6.45, 7) is 1.29. The van der Waals surface area contributed by atoms with Crippen LogP contribution >= 0.6 is 15.9 Å². The molecule has 0 saturated carbocycles. The van der Waals surface area contributed by atoms with Crippen LogP contribution in [-0.4, -0.2) is 44.2 Å². The largest absolute Gasteiger partial charge is 0.352 e. The minimum absolute atomic E-state index is 0.107. The first kappa shape index (κ1) is 22.5. The molecule has 1 heterocycles. The van der Waals surface area contributed by atoms with Crippen molar-refractivity contribution < 1.29 is 18.0 Å². The topological polar surface area (TPSA) is 95.6 Å². The van der Waals surface area contributed by atoms with E-state index in [2.05, 4.69) is 26.6 Å². The van der Waals surface area contributed by atoms with Crippen molar-refractivity contribution in [1.82, 2.24) is 9.62 Å². The van der Waals surface area contributed by atoms with Gasteiger partial charge in [-0.15, -0.1) is 0 Å². The second kappa shape index (κ2) is 10.2. The molecule has 3 rings (SSSR count). The van der Waals surface area contributed by atoms with E-state index >= 15 is 0 Å². The molecule has 2 aromatic carbocycles. The zero-order valence-corrected chi connectivity index (χ0v) is 18.8. The van der Waals surface area contributed by atoms with Gasteiger partial charge in [0.1, 0.15) is 0 Å². The summed E-state index contributed by atoms with van der Waals surface area (Å²) in [5, 5.41) is 5.42. The summed E-state index contributed by atoms with van der Waals surface area (Å²) in [5.41, 5.74) is 1.03. The summed E-state index contributed by atoms with van der Waals surface area (Å²) in [6, 6.07) is 13.1. The fourth-order valence-electron chi connectivity index (χ4n) is 3.18. The van der Waals surface area contributed by atoms with Crippen LogP contribution in [-0.2, 0) is 14.8 Å². The van der Waals surface area contributed by atoms with Crippen molar-refractivity contribution in [2.24, 2.45) is 0 Å². The minimum atomic E-state index is -3.49. The fraction of sp³-hybridized carbons (Fsp3) is 0.333. The van der Waals surface area contributed by atoms with Gasteiger partial charge >= 0.3 is 0 Å². The Bertz CT molecular complexity index is 986. The third-order valence-electron chi connectivity index (χ3n) is 4.83. The molecule has 0 radical (unpaired) electrons. The van der Waals surface area contributed by atoms with Crippen LogP contribution < -0.4 is 10.6 Å². The van der Waals surface area contributed by atoms with E-state index in [1.54, 1.807) is 36.4 Å². The molecule has 160 valence electrons. The van der Waals surface area contributed by atoms with Crippen LogP contribution in [0.15, 0.2) is 57.9 Å². The molecule has 0 unspecified atom stereocenters. The normalized spacial score (nSPS) is 14.8. The summed E-state index contributed by atoms with van der Waals surface area (Å²) in [5.74, 6) is -0.514. The standard InChI is InChI=1S/C21H24BrN3O4S/c22-17-6-4-16(5-7-17)21(27)23-13-12-20(26)24-18-8-10-19(11-9-18)30(28,29)25-14-2-1-3-15-25/h4-11H,1-3,12-15H2,(H,23,27)(H,24,26). The number of carbonyl (C=O) groups is 2. The third-order valence-corrected chi connectivity index (χ3v) is 7.28. The van der Waals surface area contributed by atoms with Crippen LogP contribution in [0.2, 0.25) is 0 Å². The van der Waals surface area contributed by atoms with Crippen molar-refractivity contribution in [3.8, 4) is 0 Å². The predicted octanol–water partition coefficient (Wildman–Crippen LogP) is 3.38. The number of amides is 2. The summed E-state index contributed by atoms with van der Waals surface area (Å²) >= 11 is 3.31. The highest BCUT2D eigenvalue weighted by Crippen LogP contribution is 2.22. The van der Waals surface area contributed by atoms with Gasteiger partial charge in [0.25, 0.3) is 5.91 Å². The van der Waals surface area contributed by atoms with Crippen molar-refractivity contribution in [3.63, 3.8) is 0 Å². The van der Waals surface area contributed by atoms with Gasteiger partial charge in [0.05, 0.1) is 4.90 Å². The molecule has 30 heavy (non-hydrogen) atoms. The molecular formula is C21H24BrN3O4S. The lowest BCUT2D eigenvalue weighted by Gasteiger charge is -2.25. The molecule has 1 fully saturated rings. The van der Waals surface area contributed by atoms with E-state index in [1.165, 1.54) is 16.4 Å². The Morgan fingerprint density at radius 1 is 0.933 bits per heavy atom. The molecule has 1 saturated heterocycles. The van der Waals surface area contributed by atoms with E-state index in [4.69, 9.17) is 0 Å². The molecule has 0 spiro atoms. The zero-order valence-electron chi connectivity index (χ0n) is 16.4. The summed E-state index contributed by atoms with van der Waals surface area (Å²) in [7, 11) is -3.49. The zero-order chi connectivity index (χ0) is 21.6. The highest BCUT2D eigenvalue weighted by molar-refractivity contribution is 9.10. The Morgan fingerprint density at radius 3 is 2.20 bits per heavy atom. The van der Waals surface area contributed by atoms with E-state index in [0.717, 1.165) is 23.7 Å². The molecule has 2 N–H and O–H groups in total. The van der Waals surface area contributed by atoms with Gasteiger partial charge in [-0.3, -0.25) is 9.59 Å². The van der Waals surface area contributed by atoms with E-state index in [1.807, 2.05) is 0 Å². The second-order valence-electron chi connectivity index (χ2n) is 7.05. The van der Waals surface area contributed by atoms with Crippen molar-refractivity contribution in [2.75, 3.05) is 25.0 Å². The number of halogens is 1. The van der Waals surface area contributed by atoms with Gasteiger partial charge in [-0.25, -0.2) is 8.42 Å². The first-order valence-electron chi connectivity index (χ1n) is 9.80. The molecule has 0 bridgehead atoms. The smallest absolute Gasteiger partial charge is 0.251 e. The minimum Gasteiger partial charge on any atom is -0.352 e. The molecular weight excluding hydrogens is 470 g/mol. The Hall–Kier alpha value is -2.23. The SMILES string of the molecule is O=C(CCNC(=O)c1ccc(Br)cc1)Nc1ccc(S(=O)(=O)N2CCCCC2)cc1. The summed E-state index contributed by atoms with van der Waals surface area (Å²) in [4.78, 5) is 24.4. The maximum atomic E-state index is 12.7. The molecule has 1 aliphatic heterocycles. The van der Waals surface area contributed by atoms with Gasteiger partial charge in [0.2, 0.25) is 15.9 Å². The highest BCUT2D eigenvalue weighted by Gasteiger charge is 2.25. The number of hydrogen-bond acceptors (Lipinski definition) is 4. The number of benzene rings is 2. The highest BCUT2D eigenvalue weighted by atomic mass is 79.9. The van der Waals surface area contributed by atoms with Crippen molar-refractivity contribution >= 4 is 43.5 Å². The second-order valence-corrected chi connectivity index (χ2v) is 9.90. The number of anilines is 1. The Kier molecular flexibility index (Phi) is 7.63. The van der Waals surface area contributed by atoms with E-state index in [-0.39, 0.29) is 29.7 Å². The van der Waals surface area contributed by atoms with Crippen LogP contribution in [0.4, 0.5) is 5.69 Å². The average molecular weight is 494 g/mol. The van der Waals surface area contributed by atoms with E-state index in [0.29, 0.717) is 24.3 Å². The predicted molar refractivity (Wildman–Crippen MR) is 119 cm³/mol. The monoisotopic (exact) mass is 493 g/mol. The average Bonchev–Trinajstić information content (AvgIpc) is 2.75. The number of rotatable bonds is 7. The number of carbonyl (C=O) groups excluding carboxylic acids is 2. The van der Waals surface area contributed by atoms with Gasteiger partial charge in [-0.1, -0.05) is 22.4 Å². The van der Waals surface area contributed by atoms with Gasteiger partial charge in [0, 0.05) is 41.8 Å².